The third-order valence-electron chi connectivity index (χ3n) is 2.90. The molecular weight excluding hydrogens is 190 g/mol. The van der Waals surface area contributed by atoms with E-state index in [-0.39, 0.29) is 5.97 Å². The Morgan fingerprint density at radius 1 is 1.47 bits per heavy atom. The number of piperidine rings is 1. The highest BCUT2D eigenvalue weighted by atomic mass is 16.5. The van der Waals surface area contributed by atoms with Gasteiger partial charge in [-0.3, -0.25) is 4.79 Å². The summed E-state index contributed by atoms with van der Waals surface area (Å²) in [6.07, 6.45) is 4.21. The average Bonchev–Trinajstić information content (AvgIpc) is 2.19. The maximum atomic E-state index is 11.3. The van der Waals surface area contributed by atoms with Gasteiger partial charge < -0.3 is 9.64 Å². The van der Waals surface area contributed by atoms with E-state index in [1.54, 1.807) is 0 Å². The molecule has 1 saturated heterocycles. The summed E-state index contributed by atoms with van der Waals surface area (Å²) in [7, 11) is 0. The van der Waals surface area contributed by atoms with Crippen molar-refractivity contribution in [2.75, 3.05) is 26.2 Å². The first-order chi connectivity index (χ1) is 7.26. The van der Waals surface area contributed by atoms with Gasteiger partial charge in [0, 0.05) is 13.0 Å². The summed E-state index contributed by atoms with van der Waals surface area (Å²) in [5.41, 5.74) is 0. The zero-order valence-electron chi connectivity index (χ0n) is 10.00. The lowest BCUT2D eigenvalue weighted by atomic mass is 9.95. The number of esters is 1. The molecule has 1 rings (SSSR count). The first-order valence-corrected chi connectivity index (χ1v) is 6.14. The smallest absolute Gasteiger partial charge is 0.306 e. The van der Waals surface area contributed by atoms with E-state index in [2.05, 4.69) is 11.8 Å². The molecule has 0 radical (unpaired) electrons. The van der Waals surface area contributed by atoms with Crippen LogP contribution < -0.4 is 0 Å². The Kier molecular flexibility index (Phi) is 5.69. The third kappa shape index (κ3) is 4.65. The van der Waals surface area contributed by atoms with Gasteiger partial charge in [0.05, 0.1) is 6.61 Å². The Bertz CT molecular complexity index is 192. The van der Waals surface area contributed by atoms with Crippen molar-refractivity contribution in [2.24, 2.45) is 5.92 Å². The van der Waals surface area contributed by atoms with Crippen LogP contribution in [0.2, 0.25) is 0 Å². The van der Waals surface area contributed by atoms with Crippen LogP contribution in [0.4, 0.5) is 0 Å². The van der Waals surface area contributed by atoms with Gasteiger partial charge in [0.25, 0.3) is 0 Å². The maximum absolute atomic E-state index is 11.3. The minimum atomic E-state index is -0.0270. The monoisotopic (exact) mass is 213 g/mol. The molecule has 3 nitrogen and oxygen atoms in total. The van der Waals surface area contributed by atoms with Crippen LogP contribution in [0.5, 0.6) is 0 Å². The highest BCUT2D eigenvalue weighted by molar-refractivity contribution is 5.69. The van der Waals surface area contributed by atoms with Crippen LogP contribution in [0.1, 0.15) is 39.5 Å². The molecular formula is C12H23NO2. The van der Waals surface area contributed by atoms with Crippen molar-refractivity contribution in [3.05, 3.63) is 0 Å². The molecule has 0 aromatic heterocycles. The lowest BCUT2D eigenvalue weighted by Crippen LogP contribution is -2.36. The van der Waals surface area contributed by atoms with Crippen molar-refractivity contribution in [3.8, 4) is 0 Å². The van der Waals surface area contributed by atoms with Gasteiger partial charge in [-0.05, 0) is 45.2 Å². The number of ether oxygens (including phenoxy) is 1. The van der Waals surface area contributed by atoms with Crippen LogP contribution in [0.3, 0.4) is 0 Å². The van der Waals surface area contributed by atoms with Crippen molar-refractivity contribution in [1.29, 1.82) is 0 Å². The van der Waals surface area contributed by atoms with Crippen LogP contribution in [0.15, 0.2) is 0 Å². The molecule has 1 aliphatic rings. The molecule has 1 unspecified atom stereocenters. The van der Waals surface area contributed by atoms with Gasteiger partial charge in [0.15, 0.2) is 0 Å². The zero-order valence-corrected chi connectivity index (χ0v) is 10.00. The molecule has 3 heteroatoms. The zero-order chi connectivity index (χ0) is 11.1. The summed E-state index contributed by atoms with van der Waals surface area (Å²) in [4.78, 5) is 13.8. The molecule has 88 valence electrons. The van der Waals surface area contributed by atoms with Gasteiger partial charge in [-0.2, -0.15) is 0 Å². The predicted octanol–water partition coefficient (Wildman–Crippen LogP) is 2.06. The molecule has 0 bridgehead atoms. The second-order valence-corrected chi connectivity index (χ2v) is 4.32. The molecule has 0 N–H and O–H groups in total. The van der Waals surface area contributed by atoms with Gasteiger partial charge in [-0.25, -0.2) is 0 Å². The molecule has 0 aliphatic carbocycles. The molecule has 0 spiro atoms. The van der Waals surface area contributed by atoms with E-state index in [1.807, 2.05) is 6.92 Å². The predicted molar refractivity (Wildman–Crippen MR) is 60.7 cm³/mol. The average molecular weight is 213 g/mol. The molecule has 1 fully saturated rings. The summed E-state index contributed by atoms with van der Waals surface area (Å²) in [5, 5.41) is 0. The Balaban J connectivity index is 2.26. The Hall–Kier alpha value is -0.570. The summed E-state index contributed by atoms with van der Waals surface area (Å²) in [5.74, 6) is 0.491. The number of likely N-dealkylation sites (tertiary alicyclic amines) is 1. The van der Waals surface area contributed by atoms with Crippen LogP contribution >= 0.6 is 0 Å². The van der Waals surface area contributed by atoms with E-state index in [1.165, 1.54) is 32.4 Å². The van der Waals surface area contributed by atoms with Gasteiger partial charge in [0.2, 0.25) is 0 Å². The van der Waals surface area contributed by atoms with E-state index in [0.29, 0.717) is 18.9 Å². The third-order valence-corrected chi connectivity index (χ3v) is 2.90. The highest BCUT2D eigenvalue weighted by Crippen LogP contribution is 2.20. The topological polar surface area (TPSA) is 29.5 Å². The fraction of sp³-hybridized carbons (Fsp3) is 0.917. The number of hydrogen-bond acceptors (Lipinski definition) is 3. The second kappa shape index (κ2) is 6.83. The second-order valence-electron chi connectivity index (χ2n) is 4.32. The maximum Gasteiger partial charge on any atom is 0.306 e. The summed E-state index contributed by atoms with van der Waals surface area (Å²) < 4.78 is 4.98. The first-order valence-electron chi connectivity index (χ1n) is 6.14. The Labute approximate surface area is 92.8 Å². The fourth-order valence-corrected chi connectivity index (χ4v) is 2.29. The van der Waals surface area contributed by atoms with Crippen LogP contribution in [0, 0.1) is 5.92 Å². The van der Waals surface area contributed by atoms with Crippen molar-refractivity contribution in [1.82, 2.24) is 4.90 Å². The Morgan fingerprint density at radius 2 is 2.27 bits per heavy atom. The largest absolute Gasteiger partial charge is 0.466 e. The number of hydrogen-bond donors (Lipinski definition) is 0. The van der Waals surface area contributed by atoms with Crippen molar-refractivity contribution in [2.45, 2.75) is 39.5 Å². The summed E-state index contributed by atoms with van der Waals surface area (Å²) in [6.45, 7) is 8.01. The van der Waals surface area contributed by atoms with E-state index < -0.39 is 0 Å². The normalized spacial score (nSPS) is 22.7. The molecule has 1 atom stereocenters. The molecule has 1 aliphatic heterocycles. The number of carbonyl (C=O) groups excluding carboxylic acids is 1. The van der Waals surface area contributed by atoms with Crippen LogP contribution in [-0.4, -0.2) is 37.1 Å². The quantitative estimate of drug-likeness (QED) is 0.655. The first kappa shape index (κ1) is 12.5. The summed E-state index contributed by atoms with van der Waals surface area (Å²) in [6, 6.07) is 0. The molecule has 1 heterocycles. The van der Waals surface area contributed by atoms with Crippen LogP contribution in [-0.2, 0) is 9.53 Å². The molecule has 0 aromatic rings. The minimum Gasteiger partial charge on any atom is -0.466 e. The van der Waals surface area contributed by atoms with Crippen molar-refractivity contribution < 1.29 is 9.53 Å². The standard InChI is InChI=1S/C12H23NO2/c1-3-7-13-8-5-6-11(10-13)9-12(14)15-4-2/h11H,3-10H2,1-2H3. The molecule has 0 aromatic carbocycles. The van der Waals surface area contributed by atoms with E-state index in [4.69, 9.17) is 4.74 Å². The van der Waals surface area contributed by atoms with Gasteiger partial charge in [-0.15, -0.1) is 0 Å². The van der Waals surface area contributed by atoms with Crippen molar-refractivity contribution in [3.63, 3.8) is 0 Å². The lowest BCUT2D eigenvalue weighted by Gasteiger charge is -2.31. The number of rotatable bonds is 5. The molecule has 0 amide bonds. The number of nitrogens with zero attached hydrogens (tertiary/aromatic N) is 1. The molecule has 15 heavy (non-hydrogen) atoms. The number of carbonyl (C=O) groups is 1. The van der Waals surface area contributed by atoms with Gasteiger partial charge in [0.1, 0.15) is 0 Å². The summed E-state index contributed by atoms with van der Waals surface area (Å²) >= 11 is 0. The SMILES string of the molecule is CCCN1CCCC(CC(=O)OCC)C1. The van der Waals surface area contributed by atoms with E-state index in [9.17, 15) is 4.79 Å². The van der Waals surface area contributed by atoms with E-state index in [0.717, 1.165) is 6.54 Å². The minimum absolute atomic E-state index is 0.0270. The van der Waals surface area contributed by atoms with Crippen LogP contribution in [0.25, 0.3) is 0 Å². The highest BCUT2D eigenvalue weighted by Gasteiger charge is 2.21. The Morgan fingerprint density at radius 3 is 2.93 bits per heavy atom. The van der Waals surface area contributed by atoms with Gasteiger partial charge >= 0.3 is 5.97 Å². The van der Waals surface area contributed by atoms with Crippen molar-refractivity contribution >= 4 is 5.97 Å². The van der Waals surface area contributed by atoms with E-state index >= 15 is 0 Å². The fourth-order valence-electron chi connectivity index (χ4n) is 2.29. The molecule has 0 saturated carbocycles. The lowest BCUT2D eigenvalue weighted by molar-refractivity contribution is -0.144. The van der Waals surface area contributed by atoms with Gasteiger partial charge in [-0.1, -0.05) is 6.92 Å².